The van der Waals surface area contributed by atoms with Gasteiger partial charge in [-0.2, -0.15) is 0 Å². The molecule has 1 aliphatic rings. The molecule has 1 fully saturated rings. The van der Waals surface area contributed by atoms with Crippen molar-refractivity contribution in [2.24, 2.45) is 17.1 Å². The zero-order valence-electron chi connectivity index (χ0n) is 17.2. The molecule has 0 radical (unpaired) electrons. The monoisotopic (exact) mass is 487 g/mol. The molecule has 2 heterocycles. The molecule has 6 heteroatoms. The van der Waals surface area contributed by atoms with Crippen LogP contribution >= 0.6 is 22.6 Å². The minimum atomic E-state index is -0.340. The van der Waals surface area contributed by atoms with E-state index in [0.717, 1.165) is 31.3 Å². The summed E-state index contributed by atoms with van der Waals surface area (Å²) in [4.78, 5) is 14.5. The normalized spacial score (nSPS) is 26.6. The fraction of sp³-hybridized carbons (Fsp3) is 0.667. The van der Waals surface area contributed by atoms with Crippen LogP contribution in [0, 0.1) is 11.3 Å². The molecular weight excluding hydrogens is 453 g/mol. The first kappa shape index (κ1) is 22.4. The van der Waals surface area contributed by atoms with Crippen molar-refractivity contribution in [2.45, 2.75) is 78.2 Å². The number of hydrogen-bond acceptors (Lipinski definition) is 3. The second kappa shape index (κ2) is 9.09. The topological polar surface area (TPSA) is 73.0 Å². The van der Waals surface area contributed by atoms with Gasteiger partial charge in [0.25, 0.3) is 0 Å². The van der Waals surface area contributed by atoms with Crippen LogP contribution in [0.25, 0.3) is 0 Å². The van der Waals surface area contributed by atoms with Gasteiger partial charge in [0.05, 0.1) is 6.10 Å². The van der Waals surface area contributed by atoms with Crippen molar-refractivity contribution < 1.29 is 4.74 Å². The van der Waals surface area contributed by atoms with Crippen molar-refractivity contribution >= 4 is 22.6 Å². The lowest BCUT2D eigenvalue weighted by Gasteiger charge is -2.33. The van der Waals surface area contributed by atoms with E-state index in [9.17, 15) is 4.79 Å². The third-order valence-electron chi connectivity index (χ3n) is 5.12. The molecule has 1 aliphatic heterocycles. The Morgan fingerprint density at radius 3 is 2.70 bits per heavy atom. The minimum absolute atomic E-state index is 0.106. The Morgan fingerprint density at radius 1 is 1.44 bits per heavy atom. The van der Waals surface area contributed by atoms with Crippen molar-refractivity contribution in [1.82, 2.24) is 9.55 Å². The number of nitrogens with one attached hydrogen (secondary N) is 1. The third-order valence-corrected chi connectivity index (χ3v) is 5.79. The third kappa shape index (κ3) is 6.32. The van der Waals surface area contributed by atoms with E-state index in [1.165, 1.54) is 0 Å². The number of H-pyrrole nitrogens is 1. The van der Waals surface area contributed by atoms with Crippen molar-refractivity contribution in [3.8, 4) is 0 Å². The summed E-state index contributed by atoms with van der Waals surface area (Å²) >= 11 is 2.28. The second-order valence-electron chi connectivity index (χ2n) is 9.21. The van der Waals surface area contributed by atoms with Crippen molar-refractivity contribution in [2.75, 3.05) is 0 Å². The molecule has 0 aromatic carbocycles. The van der Waals surface area contributed by atoms with Crippen molar-refractivity contribution in [1.29, 1.82) is 0 Å². The number of ether oxygens (including phenoxy) is 1. The number of halogens is 1. The molecule has 0 amide bonds. The quantitative estimate of drug-likeness (QED) is 0.424. The number of allylic oxidation sites excluding steroid dienone is 1. The predicted molar refractivity (Wildman–Crippen MR) is 120 cm³/mol. The zero-order chi connectivity index (χ0) is 20.2. The van der Waals surface area contributed by atoms with Gasteiger partial charge in [-0.1, -0.05) is 62.4 Å². The molecule has 0 bridgehead atoms. The Hall–Kier alpha value is -0.860. The lowest BCUT2D eigenvalue weighted by atomic mass is 9.77. The van der Waals surface area contributed by atoms with Crippen LogP contribution in [0.4, 0.5) is 0 Å². The standard InChI is InChI=1S/C21H34IN3O2/c1-15-12-18(25-11-10-24-19(25)26)27-17(15)9-7-6-8-16(13-22)21(5,23)14-20(2,3)4/h6,8,10-11,13,15,17-18H,7,9,12,14,23H2,1-5H3,(H,24,26)/b8-6+,16-13+/t15-,17?,18?,21?/m1/s1. The summed E-state index contributed by atoms with van der Waals surface area (Å²) in [7, 11) is 0. The summed E-state index contributed by atoms with van der Waals surface area (Å²) in [5.41, 5.74) is 7.48. The van der Waals surface area contributed by atoms with Gasteiger partial charge in [0.1, 0.15) is 6.23 Å². The number of nitrogens with two attached hydrogens (primary N) is 1. The molecule has 152 valence electrons. The molecule has 0 saturated carbocycles. The molecule has 3 unspecified atom stereocenters. The van der Waals surface area contributed by atoms with Crippen LogP contribution in [0.5, 0.6) is 0 Å². The van der Waals surface area contributed by atoms with E-state index in [1.807, 2.05) is 0 Å². The molecule has 2 rings (SSSR count). The number of aromatic amines is 1. The summed E-state index contributed by atoms with van der Waals surface area (Å²) in [5, 5.41) is 0. The maximum absolute atomic E-state index is 11.8. The molecule has 1 aromatic heterocycles. The second-order valence-corrected chi connectivity index (χ2v) is 9.84. The molecule has 4 atom stereocenters. The van der Waals surface area contributed by atoms with Gasteiger partial charge in [0, 0.05) is 17.9 Å². The highest BCUT2D eigenvalue weighted by atomic mass is 127. The van der Waals surface area contributed by atoms with Gasteiger partial charge in [-0.3, -0.25) is 4.57 Å². The van der Waals surface area contributed by atoms with Gasteiger partial charge in [-0.05, 0) is 53.6 Å². The smallest absolute Gasteiger partial charge is 0.327 e. The predicted octanol–water partition coefficient (Wildman–Crippen LogP) is 4.91. The average Bonchev–Trinajstić information content (AvgIpc) is 3.10. The Labute approximate surface area is 176 Å². The number of aromatic nitrogens is 2. The Kier molecular flexibility index (Phi) is 7.55. The fourth-order valence-corrected chi connectivity index (χ4v) is 4.90. The van der Waals surface area contributed by atoms with Crippen LogP contribution in [0.3, 0.4) is 0 Å². The average molecular weight is 487 g/mol. The Balaban J connectivity index is 1.89. The fourth-order valence-electron chi connectivity index (χ4n) is 3.98. The van der Waals surface area contributed by atoms with Gasteiger partial charge < -0.3 is 15.5 Å². The minimum Gasteiger partial charge on any atom is -0.354 e. The van der Waals surface area contributed by atoms with E-state index in [-0.39, 0.29) is 29.0 Å². The van der Waals surface area contributed by atoms with Crippen molar-refractivity contribution in [3.63, 3.8) is 0 Å². The van der Waals surface area contributed by atoms with Crippen LogP contribution < -0.4 is 11.4 Å². The SMILES string of the molecule is C[C@@H]1CC(n2cc[nH]c2=O)OC1CC/C=C/C(=C\I)C(C)(N)CC(C)(C)C. The van der Waals surface area contributed by atoms with Crippen LogP contribution in [0.15, 0.2) is 39.0 Å². The highest BCUT2D eigenvalue weighted by molar-refractivity contribution is 14.1. The molecule has 3 N–H and O–H groups in total. The van der Waals surface area contributed by atoms with Crippen LogP contribution in [-0.4, -0.2) is 21.2 Å². The number of rotatable bonds is 7. The molecule has 0 aliphatic carbocycles. The maximum atomic E-state index is 11.8. The Morgan fingerprint density at radius 2 is 2.15 bits per heavy atom. The largest absolute Gasteiger partial charge is 0.354 e. The summed E-state index contributed by atoms with van der Waals surface area (Å²) in [6.07, 6.45) is 11.5. The molecule has 5 nitrogen and oxygen atoms in total. The lowest BCUT2D eigenvalue weighted by molar-refractivity contribution is -0.00840. The first-order valence-electron chi connectivity index (χ1n) is 9.71. The molecule has 1 aromatic rings. The van der Waals surface area contributed by atoms with E-state index in [1.54, 1.807) is 17.0 Å². The molecular formula is C21H34IN3O2. The molecule has 27 heavy (non-hydrogen) atoms. The van der Waals surface area contributed by atoms with E-state index in [4.69, 9.17) is 10.5 Å². The van der Waals surface area contributed by atoms with Gasteiger partial charge in [-0.25, -0.2) is 4.79 Å². The molecule has 1 saturated heterocycles. The summed E-state index contributed by atoms with van der Waals surface area (Å²) < 4.78 is 9.87. The van der Waals surface area contributed by atoms with Crippen molar-refractivity contribution in [3.05, 3.63) is 44.7 Å². The summed E-state index contributed by atoms with van der Waals surface area (Å²) in [6.45, 7) is 11.0. The van der Waals surface area contributed by atoms with E-state index in [0.29, 0.717) is 5.92 Å². The van der Waals surface area contributed by atoms with Gasteiger partial charge in [0.2, 0.25) is 0 Å². The van der Waals surface area contributed by atoms with E-state index >= 15 is 0 Å². The number of imidazole rings is 1. The summed E-state index contributed by atoms with van der Waals surface area (Å²) in [5.74, 6) is 0.436. The first-order chi connectivity index (χ1) is 12.5. The van der Waals surface area contributed by atoms with Gasteiger partial charge >= 0.3 is 5.69 Å². The van der Waals surface area contributed by atoms with Crippen LogP contribution in [-0.2, 0) is 4.74 Å². The van der Waals surface area contributed by atoms with Gasteiger partial charge in [0.15, 0.2) is 0 Å². The highest BCUT2D eigenvalue weighted by Crippen LogP contribution is 2.35. The Bertz CT molecular complexity index is 724. The van der Waals surface area contributed by atoms with Crippen LogP contribution in [0.2, 0.25) is 0 Å². The highest BCUT2D eigenvalue weighted by Gasteiger charge is 2.33. The number of nitrogens with zero attached hydrogens (tertiary/aromatic N) is 1. The first-order valence-corrected chi connectivity index (χ1v) is 11.0. The zero-order valence-corrected chi connectivity index (χ0v) is 19.3. The molecule has 0 spiro atoms. The van der Waals surface area contributed by atoms with E-state index in [2.05, 4.69) is 78.4 Å². The number of hydrogen-bond donors (Lipinski definition) is 2. The summed E-state index contributed by atoms with van der Waals surface area (Å²) in [6, 6.07) is 0. The van der Waals surface area contributed by atoms with Gasteiger partial charge in [-0.15, -0.1) is 0 Å². The van der Waals surface area contributed by atoms with E-state index < -0.39 is 0 Å². The maximum Gasteiger partial charge on any atom is 0.327 e. The van der Waals surface area contributed by atoms with Crippen LogP contribution in [0.1, 0.15) is 66.5 Å². The lowest BCUT2D eigenvalue weighted by Crippen LogP contribution is -2.41.